The average molecular weight is 352 g/mol. The fourth-order valence-corrected chi connectivity index (χ4v) is 3.87. The second-order valence-corrected chi connectivity index (χ2v) is 6.57. The molecule has 2 aliphatic rings. The monoisotopic (exact) mass is 352 g/mol. The third-order valence-corrected chi connectivity index (χ3v) is 5.10. The lowest BCUT2D eigenvalue weighted by atomic mass is 10.2. The quantitative estimate of drug-likeness (QED) is 0.690. The van der Waals surface area contributed by atoms with Crippen molar-refractivity contribution in [1.29, 1.82) is 0 Å². The van der Waals surface area contributed by atoms with Gasteiger partial charge in [0, 0.05) is 31.0 Å². The van der Waals surface area contributed by atoms with Crippen LogP contribution in [0, 0.1) is 0 Å². The Kier molecular flexibility index (Phi) is 3.02. The summed E-state index contributed by atoms with van der Waals surface area (Å²) >= 11 is 0. The van der Waals surface area contributed by atoms with Gasteiger partial charge in [0.15, 0.2) is 5.65 Å². The molecule has 0 saturated carbocycles. The highest BCUT2D eigenvalue weighted by atomic mass is 16.4. The van der Waals surface area contributed by atoms with Crippen molar-refractivity contribution in [3.63, 3.8) is 0 Å². The molecule has 5 heterocycles. The van der Waals surface area contributed by atoms with Gasteiger partial charge < -0.3 is 20.6 Å². The van der Waals surface area contributed by atoms with E-state index in [9.17, 15) is 9.90 Å². The summed E-state index contributed by atoms with van der Waals surface area (Å²) in [5.74, 6) is 1.03. The Balaban J connectivity index is 1.50. The van der Waals surface area contributed by atoms with Gasteiger partial charge >= 0.3 is 6.09 Å². The SMILES string of the molecule is Nc1ncc(-c2cnc3ccc(N4CC5CC4CN5C(=O)O)nn23)cn1. The van der Waals surface area contributed by atoms with E-state index in [4.69, 9.17) is 10.8 Å². The number of hydrogen-bond acceptors (Lipinski definition) is 7. The Bertz CT molecular complexity index is 1000. The van der Waals surface area contributed by atoms with Crippen LogP contribution in [0.1, 0.15) is 6.42 Å². The zero-order valence-electron chi connectivity index (χ0n) is 13.7. The largest absolute Gasteiger partial charge is 0.465 e. The first-order chi connectivity index (χ1) is 12.6. The second kappa shape index (κ2) is 5.28. The Morgan fingerprint density at radius 2 is 1.92 bits per heavy atom. The maximum Gasteiger partial charge on any atom is 0.407 e. The van der Waals surface area contributed by atoms with Crippen LogP contribution in [0.4, 0.5) is 16.6 Å². The lowest BCUT2D eigenvalue weighted by Crippen LogP contribution is -2.48. The first kappa shape index (κ1) is 14.9. The number of carboxylic acid groups (broad SMARTS) is 1. The lowest BCUT2D eigenvalue weighted by Gasteiger charge is -2.33. The molecule has 1 amide bonds. The van der Waals surface area contributed by atoms with Crippen molar-refractivity contribution in [3.8, 4) is 11.3 Å². The van der Waals surface area contributed by atoms with Gasteiger partial charge in [-0.05, 0) is 18.6 Å². The molecule has 2 atom stereocenters. The lowest BCUT2D eigenvalue weighted by molar-refractivity contribution is 0.137. The number of fused-ring (bicyclic) bond motifs is 3. The third-order valence-electron chi connectivity index (χ3n) is 5.10. The summed E-state index contributed by atoms with van der Waals surface area (Å²) < 4.78 is 1.76. The van der Waals surface area contributed by atoms with Crippen LogP contribution in [0.3, 0.4) is 0 Å². The summed E-state index contributed by atoms with van der Waals surface area (Å²) in [6.07, 6.45) is 5.00. The molecule has 2 unspecified atom stereocenters. The number of hydrogen-bond donors (Lipinski definition) is 2. The van der Waals surface area contributed by atoms with Crippen LogP contribution in [0.5, 0.6) is 0 Å². The van der Waals surface area contributed by atoms with Crippen molar-refractivity contribution in [1.82, 2.24) is 29.5 Å². The van der Waals surface area contributed by atoms with Gasteiger partial charge in [-0.2, -0.15) is 0 Å². The molecule has 5 rings (SSSR count). The first-order valence-electron chi connectivity index (χ1n) is 8.29. The highest BCUT2D eigenvalue weighted by Gasteiger charge is 2.46. The molecule has 0 radical (unpaired) electrons. The zero-order chi connectivity index (χ0) is 17.8. The van der Waals surface area contributed by atoms with E-state index in [1.165, 1.54) is 4.90 Å². The van der Waals surface area contributed by atoms with Gasteiger partial charge in [0.25, 0.3) is 0 Å². The second-order valence-electron chi connectivity index (χ2n) is 6.57. The van der Waals surface area contributed by atoms with Crippen molar-refractivity contribution < 1.29 is 9.90 Å². The predicted molar refractivity (Wildman–Crippen MR) is 92.7 cm³/mol. The van der Waals surface area contributed by atoms with Gasteiger partial charge in [-0.1, -0.05) is 0 Å². The van der Waals surface area contributed by atoms with Gasteiger partial charge in [0.2, 0.25) is 5.95 Å². The maximum absolute atomic E-state index is 11.3. The van der Waals surface area contributed by atoms with Crippen molar-refractivity contribution in [3.05, 3.63) is 30.7 Å². The number of nitrogens with zero attached hydrogens (tertiary/aromatic N) is 7. The number of piperazine rings is 1. The molecule has 10 nitrogen and oxygen atoms in total. The molecule has 10 heteroatoms. The van der Waals surface area contributed by atoms with Crippen LogP contribution in [0.25, 0.3) is 16.9 Å². The molecule has 2 bridgehead atoms. The van der Waals surface area contributed by atoms with Crippen molar-refractivity contribution in [2.24, 2.45) is 0 Å². The summed E-state index contributed by atoms with van der Waals surface area (Å²) in [7, 11) is 0. The Morgan fingerprint density at radius 3 is 2.62 bits per heavy atom. The number of imidazole rings is 1. The average Bonchev–Trinajstić information content (AvgIpc) is 3.35. The van der Waals surface area contributed by atoms with Crippen molar-refractivity contribution >= 4 is 23.5 Å². The number of rotatable bonds is 2. The Morgan fingerprint density at radius 1 is 1.12 bits per heavy atom. The number of anilines is 2. The molecular weight excluding hydrogens is 336 g/mol. The topological polar surface area (TPSA) is 126 Å². The summed E-state index contributed by atoms with van der Waals surface area (Å²) in [6, 6.07) is 4.03. The fraction of sp³-hybridized carbons (Fsp3) is 0.312. The van der Waals surface area contributed by atoms with Gasteiger partial charge in [-0.25, -0.2) is 24.3 Å². The van der Waals surface area contributed by atoms with Crippen molar-refractivity contribution in [2.45, 2.75) is 18.5 Å². The van der Waals surface area contributed by atoms with Crippen LogP contribution < -0.4 is 10.6 Å². The zero-order valence-corrected chi connectivity index (χ0v) is 13.7. The molecule has 0 aliphatic carbocycles. The molecule has 3 aromatic rings. The van der Waals surface area contributed by atoms with E-state index in [-0.39, 0.29) is 18.0 Å². The standard InChI is InChI=1S/C16H16N8O2/c17-15-19-4-9(5-20-15)12-6-18-13-1-2-14(21-24(12)13)22-7-11-3-10(22)8-23(11)16(25)26/h1-2,4-6,10-11H,3,7-8H2,(H,25,26)(H2,17,19,20). The van der Waals surface area contributed by atoms with E-state index in [1.54, 1.807) is 23.1 Å². The first-order valence-corrected chi connectivity index (χ1v) is 8.29. The molecule has 2 saturated heterocycles. The molecule has 2 aliphatic heterocycles. The molecule has 0 spiro atoms. The van der Waals surface area contributed by atoms with Crippen molar-refractivity contribution in [2.75, 3.05) is 23.7 Å². The summed E-state index contributed by atoms with van der Waals surface area (Å²) in [6.45, 7) is 1.17. The molecule has 26 heavy (non-hydrogen) atoms. The van der Waals surface area contributed by atoms with Gasteiger partial charge in [-0.15, -0.1) is 5.10 Å². The molecule has 3 N–H and O–H groups in total. The van der Waals surface area contributed by atoms with Crippen LogP contribution in [0.2, 0.25) is 0 Å². The number of nitrogen functional groups attached to an aromatic ring is 1. The van der Waals surface area contributed by atoms with E-state index in [0.717, 1.165) is 29.1 Å². The van der Waals surface area contributed by atoms with E-state index < -0.39 is 6.09 Å². The summed E-state index contributed by atoms with van der Waals surface area (Å²) in [5.41, 5.74) is 7.82. The Labute approximate surface area is 147 Å². The number of carbonyl (C=O) groups is 1. The van der Waals surface area contributed by atoms with Gasteiger partial charge in [0.05, 0.1) is 24.0 Å². The number of nitrogens with two attached hydrogens (primary N) is 1. The minimum atomic E-state index is -0.846. The van der Waals surface area contributed by atoms with E-state index in [2.05, 4.69) is 19.9 Å². The normalized spacial score (nSPS) is 21.7. The summed E-state index contributed by atoms with van der Waals surface area (Å²) in [5, 5.41) is 14.0. The number of aromatic nitrogens is 5. The molecule has 0 aromatic carbocycles. The smallest absolute Gasteiger partial charge is 0.407 e. The molecular formula is C16H16N8O2. The van der Waals surface area contributed by atoms with E-state index in [0.29, 0.717) is 13.1 Å². The Hall–Kier alpha value is -3.43. The van der Waals surface area contributed by atoms with Gasteiger partial charge in [0.1, 0.15) is 5.82 Å². The highest BCUT2D eigenvalue weighted by molar-refractivity contribution is 5.67. The van der Waals surface area contributed by atoms with E-state index >= 15 is 0 Å². The van der Waals surface area contributed by atoms with Crippen LogP contribution in [-0.4, -0.2) is 65.8 Å². The van der Waals surface area contributed by atoms with E-state index in [1.807, 2.05) is 12.1 Å². The minimum Gasteiger partial charge on any atom is -0.465 e. The third kappa shape index (κ3) is 2.15. The van der Waals surface area contributed by atoms with Crippen LogP contribution in [-0.2, 0) is 0 Å². The molecule has 132 valence electrons. The molecule has 2 fully saturated rings. The number of likely N-dealkylation sites (tertiary alicyclic amines) is 1. The summed E-state index contributed by atoms with van der Waals surface area (Å²) in [4.78, 5) is 27.4. The minimum absolute atomic E-state index is 0.0303. The predicted octanol–water partition coefficient (Wildman–Crippen LogP) is 0.709. The maximum atomic E-state index is 11.3. The fourth-order valence-electron chi connectivity index (χ4n) is 3.87. The van der Waals surface area contributed by atoms with Crippen LogP contribution >= 0.6 is 0 Å². The van der Waals surface area contributed by atoms with Gasteiger partial charge in [-0.3, -0.25) is 0 Å². The van der Waals surface area contributed by atoms with Crippen LogP contribution in [0.15, 0.2) is 30.7 Å². The molecule has 3 aromatic heterocycles. The highest BCUT2D eigenvalue weighted by Crippen LogP contribution is 2.34. The number of amides is 1.